The second-order valence-electron chi connectivity index (χ2n) is 5.43. The number of nitro benzene ring substituents is 1. The van der Waals surface area contributed by atoms with E-state index in [1.165, 1.54) is 18.2 Å². The highest BCUT2D eigenvalue weighted by Gasteiger charge is 2.32. The van der Waals surface area contributed by atoms with Gasteiger partial charge in [0, 0.05) is 23.5 Å². The summed E-state index contributed by atoms with van der Waals surface area (Å²) in [6, 6.07) is 5.49. The van der Waals surface area contributed by atoms with Gasteiger partial charge in [0.25, 0.3) is 5.69 Å². The van der Waals surface area contributed by atoms with Crippen LogP contribution in [0, 0.1) is 15.5 Å². The third-order valence-electron chi connectivity index (χ3n) is 3.60. The molecule has 1 atom stereocenters. The molecular weight excluding hydrogens is 328 g/mol. The van der Waals surface area contributed by atoms with E-state index in [2.05, 4.69) is 35.1 Å². The number of thioether (sulfide) groups is 1. The van der Waals surface area contributed by atoms with Crippen molar-refractivity contribution >= 4 is 39.1 Å². The first-order valence-electron chi connectivity index (χ1n) is 6.18. The molecule has 1 heterocycles. The Balaban J connectivity index is 2.15. The van der Waals surface area contributed by atoms with Crippen molar-refractivity contribution in [3.63, 3.8) is 0 Å². The zero-order valence-electron chi connectivity index (χ0n) is 11.0. The number of nitrogens with one attached hydrogen (secondary N) is 1. The molecule has 0 aliphatic carbocycles. The molecule has 0 amide bonds. The van der Waals surface area contributed by atoms with Crippen LogP contribution in [0.5, 0.6) is 0 Å². The smallest absolute Gasteiger partial charge is 0.283 e. The van der Waals surface area contributed by atoms with Crippen LogP contribution < -0.4 is 5.32 Å². The molecule has 19 heavy (non-hydrogen) atoms. The molecule has 1 unspecified atom stereocenters. The van der Waals surface area contributed by atoms with E-state index in [0.29, 0.717) is 10.5 Å². The molecule has 0 aromatic heterocycles. The lowest BCUT2D eigenvalue weighted by Crippen LogP contribution is -2.41. The van der Waals surface area contributed by atoms with E-state index in [-0.39, 0.29) is 16.0 Å². The first kappa shape index (κ1) is 14.7. The number of nitrogens with zero attached hydrogens (tertiary/aromatic N) is 1. The number of anilines is 1. The molecular formula is C13H17BrN2O2S. The lowest BCUT2D eigenvalue weighted by Gasteiger charge is -2.39. The van der Waals surface area contributed by atoms with Gasteiger partial charge in [-0.2, -0.15) is 11.8 Å². The highest BCUT2D eigenvalue weighted by atomic mass is 79.9. The third kappa shape index (κ3) is 3.42. The predicted molar refractivity (Wildman–Crippen MR) is 83.9 cm³/mol. The molecule has 0 saturated carbocycles. The number of halogens is 1. The zero-order valence-corrected chi connectivity index (χ0v) is 13.4. The van der Waals surface area contributed by atoms with Crippen molar-refractivity contribution in [2.45, 2.75) is 26.3 Å². The monoisotopic (exact) mass is 344 g/mol. The molecule has 1 aromatic carbocycles. The maximum atomic E-state index is 10.8. The molecule has 4 nitrogen and oxygen atoms in total. The molecule has 1 N–H and O–H groups in total. The summed E-state index contributed by atoms with van der Waals surface area (Å²) in [5.74, 6) is 2.27. The van der Waals surface area contributed by atoms with Gasteiger partial charge < -0.3 is 5.32 Å². The molecule has 0 radical (unpaired) electrons. The minimum atomic E-state index is -0.381. The Morgan fingerprint density at radius 3 is 2.84 bits per heavy atom. The number of hydrogen-bond acceptors (Lipinski definition) is 4. The average molecular weight is 345 g/mol. The van der Waals surface area contributed by atoms with Crippen LogP contribution in [0.2, 0.25) is 0 Å². The van der Waals surface area contributed by atoms with Crippen LogP contribution in [0.3, 0.4) is 0 Å². The van der Waals surface area contributed by atoms with Gasteiger partial charge in [-0.3, -0.25) is 10.1 Å². The zero-order chi connectivity index (χ0) is 14.0. The Labute approximate surface area is 125 Å². The summed E-state index contributed by atoms with van der Waals surface area (Å²) >= 11 is 5.21. The minimum absolute atomic E-state index is 0.0998. The average Bonchev–Trinajstić information content (AvgIpc) is 2.31. The quantitative estimate of drug-likeness (QED) is 0.655. The van der Waals surface area contributed by atoms with Gasteiger partial charge in [-0.1, -0.05) is 13.8 Å². The van der Waals surface area contributed by atoms with Crippen LogP contribution >= 0.6 is 27.7 Å². The fraction of sp³-hybridized carbons (Fsp3) is 0.538. The van der Waals surface area contributed by atoms with Gasteiger partial charge in [0.2, 0.25) is 0 Å². The fourth-order valence-corrected chi connectivity index (χ4v) is 4.25. The van der Waals surface area contributed by atoms with Gasteiger partial charge in [0.05, 0.1) is 9.40 Å². The Hall–Kier alpha value is -0.750. The molecule has 1 saturated heterocycles. The maximum Gasteiger partial charge on any atom is 0.283 e. The van der Waals surface area contributed by atoms with E-state index >= 15 is 0 Å². The van der Waals surface area contributed by atoms with Crippen molar-refractivity contribution in [2.24, 2.45) is 5.41 Å². The largest absolute Gasteiger partial charge is 0.381 e. The first-order valence-corrected chi connectivity index (χ1v) is 8.13. The summed E-state index contributed by atoms with van der Waals surface area (Å²) in [6.07, 6.45) is 1.18. The van der Waals surface area contributed by atoms with Gasteiger partial charge >= 0.3 is 0 Å². The Morgan fingerprint density at radius 1 is 1.53 bits per heavy atom. The second-order valence-corrected chi connectivity index (χ2v) is 7.44. The molecule has 1 aliphatic rings. The van der Waals surface area contributed by atoms with Crippen molar-refractivity contribution in [2.75, 3.05) is 16.8 Å². The molecule has 104 valence electrons. The van der Waals surface area contributed by atoms with E-state index in [9.17, 15) is 10.1 Å². The Morgan fingerprint density at radius 2 is 2.26 bits per heavy atom. The number of hydrogen-bond donors (Lipinski definition) is 1. The van der Waals surface area contributed by atoms with Crippen LogP contribution in [0.15, 0.2) is 22.7 Å². The summed E-state index contributed by atoms with van der Waals surface area (Å²) in [5, 5.41) is 14.3. The predicted octanol–water partition coefficient (Wildman–Crippen LogP) is 4.30. The fourth-order valence-electron chi connectivity index (χ4n) is 2.12. The minimum Gasteiger partial charge on any atom is -0.381 e. The summed E-state index contributed by atoms with van der Waals surface area (Å²) in [4.78, 5) is 10.4. The van der Waals surface area contributed by atoms with Gasteiger partial charge in [0.1, 0.15) is 0 Å². The van der Waals surface area contributed by atoms with Gasteiger partial charge in [-0.05, 0) is 45.7 Å². The van der Waals surface area contributed by atoms with E-state index in [0.717, 1.165) is 11.4 Å². The van der Waals surface area contributed by atoms with Gasteiger partial charge in [-0.25, -0.2) is 0 Å². The highest BCUT2D eigenvalue weighted by Crippen LogP contribution is 2.37. The van der Waals surface area contributed by atoms with Crippen LogP contribution in [-0.2, 0) is 0 Å². The highest BCUT2D eigenvalue weighted by molar-refractivity contribution is 9.10. The Bertz CT molecular complexity index is 494. The topological polar surface area (TPSA) is 55.2 Å². The van der Waals surface area contributed by atoms with E-state index in [1.807, 2.05) is 11.8 Å². The van der Waals surface area contributed by atoms with Crippen molar-refractivity contribution in [1.82, 2.24) is 0 Å². The lowest BCUT2D eigenvalue weighted by molar-refractivity contribution is -0.385. The summed E-state index contributed by atoms with van der Waals surface area (Å²) in [7, 11) is 0. The first-order chi connectivity index (χ1) is 8.90. The summed E-state index contributed by atoms with van der Waals surface area (Å²) < 4.78 is 0.517. The molecule has 1 aliphatic heterocycles. The van der Waals surface area contributed by atoms with Crippen molar-refractivity contribution < 1.29 is 4.92 Å². The normalized spacial score (nSPS) is 21.9. The maximum absolute atomic E-state index is 10.8. The van der Waals surface area contributed by atoms with Gasteiger partial charge in [-0.15, -0.1) is 0 Å². The van der Waals surface area contributed by atoms with Crippen molar-refractivity contribution in [3.8, 4) is 0 Å². The lowest BCUT2D eigenvalue weighted by atomic mass is 9.82. The molecule has 2 rings (SSSR count). The summed E-state index contributed by atoms with van der Waals surface area (Å²) in [6.45, 7) is 4.54. The van der Waals surface area contributed by atoms with Crippen molar-refractivity contribution in [3.05, 3.63) is 32.8 Å². The van der Waals surface area contributed by atoms with Crippen LogP contribution in [0.1, 0.15) is 20.3 Å². The second kappa shape index (κ2) is 5.71. The molecule has 1 fully saturated rings. The number of benzene rings is 1. The number of nitro groups is 1. The molecule has 0 spiro atoms. The Kier molecular flexibility index (Phi) is 4.40. The third-order valence-corrected chi connectivity index (χ3v) is 5.30. The van der Waals surface area contributed by atoms with E-state index in [1.54, 1.807) is 12.1 Å². The van der Waals surface area contributed by atoms with E-state index in [4.69, 9.17) is 0 Å². The van der Waals surface area contributed by atoms with E-state index < -0.39 is 0 Å². The molecule has 0 bridgehead atoms. The SMILES string of the molecule is CC1(C)CCSCC1Nc1ccc([N+](=O)[O-])c(Br)c1. The van der Waals surface area contributed by atoms with Crippen molar-refractivity contribution in [1.29, 1.82) is 0 Å². The molecule has 1 aromatic rings. The van der Waals surface area contributed by atoms with Crippen LogP contribution in [0.25, 0.3) is 0 Å². The van der Waals surface area contributed by atoms with Gasteiger partial charge in [0.15, 0.2) is 0 Å². The molecule has 6 heteroatoms. The van der Waals surface area contributed by atoms with Crippen LogP contribution in [-0.4, -0.2) is 22.5 Å². The summed E-state index contributed by atoms with van der Waals surface area (Å²) in [5.41, 5.74) is 1.28. The number of rotatable bonds is 3. The van der Waals surface area contributed by atoms with Crippen LogP contribution in [0.4, 0.5) is 11.4 Å². The standard InChI is InChI=1S/C13H17BrN2O2S/c1-13(2)5-6-19-8-12(13)15-9-3-4-11(16(17)18)10(14)7-9/h3-4,7,12,15H,5-6,8H2,1-2H3.